The van der Waals surface area contributed by atoms with Gasteiger partial charge in [-0.15, -0.1) is 0 Å². The average Bonchev–Trinajstić information content (AvgIpc) is 2.76. The first-order valence-electron chi connectivity index (χ1n) is 9.20. The Kier molecular flexibility index (Phi) is 6.41. The van der Waals surface area contributed by atoms with Crippen LogP contribution in [0, 0.1) is 11.6 Å². The summed E-state index contributed by atoms with van der Waals surface area (Å²) in [6, 6.07) is 11.2. The van der Waals surface area contributed by atoms with E-state index in [2.05, 4.69) is 25.0 Å². The van der Waals surface area contributed by atoms with Gasteiger partial charge in [-0.3, -0.25) is 0 Å². The van der Waals surface area contributed by atoms with E-state index in [1.165, 1.54) is 24.3 Å². The zero-order valence-electron chi connectivity index (χ0n) is 16.1. The molecule has 0 unspecified atom stereocenters. The van der Waals surface area contributed by atoms with Gasteiger partial charge in [-0.25, -0.2) is 23.7 Å². The normalized spacial score (nSPS) is 11.0. The minimum atomic E-state index is -0.804. The third-order valence-electron chi connectivity index (χ3n) is 4.48. The Bertz CT molecular complexity index is 1270. The summed E-state index contributed by atoms with van der Waals surface area (Å²) < 4.78 is 32.6. The lowest BCUT2D eigenvalue weighted by Gasteiger charge is -2.14. The Morgan fingerprint density at radius 1 is 1.03 bits per heavy atom. The fourth-order valence-electron chi connectivity index (χ4n) is 2.96. The monoisotopic (exact) mass is 477 g/mol. The van der Waals surface area contributed by atoms with E-state index in [0.717, 1.165) is 22.9 Å². The van der Waals surface area contributed by atoms with Gasteiger partial charge in [-0.05, 0) is 60.3 Å². The maximum absolute atomic E-state index is 15.2. The maximum atomic E-state index is 15.2. The second-order valence-corrected chi connectivity index (χ2v) is 8.05. The van der Waals surface area contributed by atoms with Crippen LogP contribution in [-0.4, -0.2) is 15.0 Å². The summed E-state index contributed by atoms with van der Waals surface area (Å²) in [5.74, 6) is -1.45. The van der Waals surface area contributed by atoms with Gasteiger partial charge < -0.3 is 10.0 Å². The molecular formula is C21H15Cl2F2N5S. The lowest BCUT2D eigenvalue weighted by Crippen LogP contribution is -2.04. The second-order valence-electron chi connectivity index (χ2n) is 6.41. The van der Waals surface area contributed by atoms with E-state index in [4.69, 9.17) is 23.2 Å². The third kappa shape index (κ3) is 4.51. The smallest absolute Gasteiger partial charge is 0.173 e. The number of anilines is 3. The number of pyridine rings is 1. The number of hydrogen-bond acceptors (Lipinski definition) is 6. The number of hydrogen-bond donors (Lipinski definition) is 2. The molecule has 2 aromatic heterocycles. The van der Waals surface area contributed by atoms with E-state index in [0.29, 0.717) is 16.1 Å². The molecule has 158 valence electrons. The highest BCUT2D eigenvalue weighted by atomic mass is 35.5. The van der Waals surface area contributed by atoms with E-state index in [-0.39, 0.29) is 22.3 Å². The van der Waals surface area contributed by atoms with E-state index in [1.807, 2.05) is 19.1 Å². The Labute approximate surface area is 191 Å². The molecule has 4 aromatic rings. The van der Waals surface area contributed by atoms with Crippen LogP contribution in [0.1, 0.15) is 12.5 Å². The average molecular weight is 478 g/mol. The maximum Gasteiger partial charge on any atom is 0.173 e. The second kappa shape index (κ2) is 9.21. The number of halogens is 4. The van der Waals surface area contributed by atoms with Crippen molar-refractivity contribution in [1.29, 1.82) is 0 Å². The van der Waals surface area contributed by atoms with Gasteiger partial charge in [0, 0.05) is 9.92 Å². The van der Waals surface area contributed by atoms with Crippen LogP contribution >= 0.6 is 35.1 Å². The highest BCUT2D eigenvalue weighted by Crippen LogP contribution is 2.34. The summed E-state index contributed by atoms with van der Waals surface area (Å²) in [6.45, 7) is 1.98. The van der Waals surface area contributed by atoms with Crippen molar-refractivity contribution in [2.45, 2.75) is 18.2 Å². The van der Waals surface area contributed by atoms with Crippen LogP contribution in [0.15, 0.2) is 53.7 Å². The fraction of sp³-hybridized carbons (Fsp3) is 0.0952. The van der Waals surface area contributed by atoms with Gasteiger partial charge in [0.25, 0.3) is 0 Å². The molecule has 4 rings (SSSR count). The standard InChI is InChI=1S/C21H15Cl2F2N5S/c1-2-11-12(22)4-3-5-16(11)31-30-14-7-6-13(24)19(18(14)25)29-21-20-15(26-10-27-21)8-9-17(23)28-20/h3-10,30H,2H2,1H3,(H,26,27,29). The van der Waals surface area contributed by atoms with E-state index >= 15 is 4.39 Å². The molecule has 0 aliphatic heterocycles. The van der Waals surface area contributed by atoms with Gasteiger partial charge in [0.1, 0.15) is 28.5 Å². The molecule has 0 radical (unpaired) electrons. The molecule has 0 spiro atoms. The van der Waals surface area contributed by atoms with Crippen LogP contribution in [0.3, 0.4) is 0 Å². The highest BCUT2D eigenvalue weighted by molar-refractivity contribution is 8.00. The summed E-state index contributed by atoms with van der Waals surface area (Å²) in [4.78, 5) is 13.2. The molecule has 0 bridgehead atoms. The summed E-state index contributed by atoms with van der Waals surface area (Å²) in [5, 5.41) is 3.54. The summed E-state index contributed by atoms with van der Waals surface area (Å²) in [6.07, 6.45) is 2.00. The molecule has 0 atom stereocenters. The predicted molar refractivity (Wildman–Crippen MR) is 122 cm³/mol. The molecule has 31 heavy (non-hydrogen) atoms. The first-order chi connectivity index (χ1) is 15.0. The zero-order valence-corrected chi connectivity index (χ0v) is 18.4. The van der Waals surface area contributed by atoms with Crippen LogP contribution in [0.4, 0.5) is 26.0 Å². The first kappa shape index (κ1) is 21.5. The Hall–Kier alpha value is -2.68. The SMILES string of the molecule is CCc1c(Cl)cccc1SNc1ccc(F)c(Nc2ncnc3ccc(Cl)nc23)c1F. The topological polar surface area (TPSA) is 62.7 Å². The van der Waals surface area contributed by atoms with Crippen molar-refractivity contribution >= 4 is 63.4 Å². The molecule has 0 amide bonds. The van der Waals surface area contributed by atoms with E-state index in [1.54, 1.807) is 18.2 Å². The van der Waals surface area contributed by atoms with E-state index in [9.17, 15) is 4.39 Å². The molecule has 5 nitrogen and oxygen atoms in total. The van der Waals surface area contributed by atoms with Crippen molar-refractivity contribution in [3.8, 4) is 0 Å². The van der Waals surface area contributed by atoms with Gasteiger partial charge in [0.2, 0.25) is 0 Å². The molecule has 0 aliphatic rings. The summed E-state index contributed by atoms with van der Waals surface area (Å²) in [7, 11) is 0. The van der Waals surface area contributed by atoms with Crippen molar-refractivity contribution in [3.63, 3.8) is 0 Å². The van der Waals surface area contributed by atoms with Gasteiger partial charge >= 0.3 is 0 Å². The highest BCUT2D eigenvalue weighted by Gasteiger charge is 2.17. The predicted octanol–water partition coefficient (Wildman–Crippen LogP) is 7.04. The van der Waals surface area contributed by atoms with Crippen molar-refractivity contribution in [3.05, 3.63) is 76.2 Å². The number of nitrogens with one attached hydrogen (secondary N) is 2. The van der Waals surface area contributed by atoms with Gasteiger partial charge in [-0.2, -0.15) is 0 Å². The van der Waals surface area contributed by atoms with Crippen molar-refractivity contribution in [2.24, 2.45) is 0 Å². The number of fused-ring (bicyclic) bond motifs is 1. The summed E-state index contributed by atoms with van der Waals surface area (Å²) in [5.41, 5.74) is 1.46. The van der Waals surface area contributed by atoms with E-state index < -0.39 is 11.6 Å². The molecule has 0 fully saturated rings. The van der Waals surface area contributed by atoms with Crippen molar-refractivity contribution < 1.29 is 8.78 Å². The van der Waals surface area contributed by atoms with Crippen molar-refractivity contribution in [2.75, 3.05) is 10.0 Å². The Morgan fingerprint density at radius 2 is 1.87 bits per heavy atom. The third-order valence-corrected chi connectivity index (χ3v) is 5.97. The van der Waals surface area contributed by atoms with Crippen LogP contribution < -0.4 is 10.0 Å². The molecule has 0 saturated carbocycles. The molecule has 10 heteroatoms. The number of benzene rings is 2. The first-order valence-corrected chi connectivity index (χ1v) is 10.8. The molecule has 2 heterocycles. The van der Waals surface area contributed by atoms with Gasteiger partial charge in [0.05, 0.1) is 11.2 Å². The van der Waals surface area contributed by atoms with Gasteiger partial charge in [-0.1, -0.05) is 36.2 Å². The van der Waals surface area contributed by atoms with Crippen LogP contribution in [0.25, 0.3) is 11.0 Å². The molecule has 2 N–H and O–H groups in total. The molecule has 2 aromatic carbocycles. The lowest BCUT2D eigenvalue weighted by molar-refractivity contribution is 0.593. The minimum absolute atomic E-state index is 0.0975. The number of nitrogens with zero attached hydrogens (tertiary/aromatic N) is 3. The lowest BCUT2D eigenvalue weighted by atomic mass is 10.2. The van der Waals surface area contributed by atoms with Crippen LogP contribution in [0.5, 0.6) is 0 Å². The summed E-state index contributed by atoms with van der Waals surface area (Å²) >= 11 is 13.4. The Balaban J connectivity index is 1.65. The van der Waals surface area contributed by atoms with Crippen LogP contribution in [0.2, 0.25) is 10.2 Å². The largest absolute Gasteiger partial charge is 0.333 e. The van der Waals surface area contributed by atoms with Crippen molar-refractivity contribution in [1.82, 2.24) is 15.0 Å². The van der Waals surface area contributed by atoms with Crippen LogP contribution in [-0.2, 0) is 6.42 Å². The number of rotatable bonds is 6. The molecular weight excluding hydrogens is 463 g/mol. The zero-order chi connectivity index (χ0) is 22.0. The quantitative estimate of drug-likeness (QED) is 0.229. The Morgan fingerprint density at radius 3 is 2.68 bits per heavy atom. The molecule has 0 aliphatic carbocycles. The molecule has 0 saturated heterocycles. The van der Waals surface area contributed by atoms with Gasteiger partial charge in [0.15, 0.2) is 11.6 Å². The number of aromatic nitrogens is 3. The minimum Gasteiger partial charge on any atom is -0.333 e. The fourth-order valence-corrected chi connectivity index (χ4v) is 4.37.